The van der Waals surface area contributed by atoms with Gasteiger partial charge in [-0.25, -0.2) is 4.79 Å². The van der Waals surface area contributed by atoms with Crippen molar-refractivity contribution in [3.05, 3.63) is 65.2 Å². The van der Waals surface area contributed by atoms with Crippen molar-refractivity contribution in [2.45, 2.75) is 52.4 Å². The van der Waals surface area contributed by atoms with Crippen LogP contribution < -0.4 is 5.32 Å². The van der Waals surface area contributed by atoms with Crippen molar-refractivity contribution >= 4 is 17.6 Å². The van der Waals surface area contributed by atoms with Crippen LogP contribution in [0.5, 0.6) is 0 Å². The van der Waals surface area contributed by atoms with Gasteiger partial charge in [0.15, 0.2) is 6.61 Å². The maximum atomic E-state index is 12.1. The van der Waals surface area contributed by atoms with Crippen LogP contribution in [0, 0.1) is 0 Å². The predicted octanol–water partition coefficient (Wildman–Crippen LogP) is 5.12. The highest BCUT2D eigenvalue weighted by Crippen LogP contribution is 2.22. The van der Waals surface area contributed by atoms with Gasteiger partial charge in [-0.15, -0.1) is 0 Å². The van der Waals surface area contributed by atoms with E-state index in [1.165, 1.54) is 5.56 Å². The lowest BCUT2D eigenvalue weighted by atomic mass is 9.87. The van der Waals surface area contributed by atoms with Gasteiger partial charge in [-0.05, 0) is 53.6 Å². The molecule has 0 heterocycles. The van der Waals surface area contributed by atoms with E-state index in [0.29, 0.717) is 11.3 Å². The summed E-state index contributed by atoms with van der Waals surface area (Å²) in [7, 11) is 0. The number of amides is 1. The average Bonchev–Trinajstić information content (AvgIpc) is 2.65. The number of benzene rings is 2. The first-order chi connectivity index (χ1) is 12.8. The number of hydrogen-bond acceptors (Lipinski definition) is 3. The second-order valence-corrected chi connectivity index (χ2v) is 7.75. The van der Waals surface area contributed by atoms with E-state index >= 15 is 0 Å². The molecule has 2 aromatic carbocycles. The molecular weight excluding hydrogens is 338 g/mol. The number of nitrogens with one attached hydrogen (secondary N) is 1. The summed E-state index contributed by atoms with van der Waals surface area (Å²) in [6.07, 6.45) is 3.34. The molecule has 0 radical (unpaired) electrons. The van der Waals surface area contributed by atoms with Crippen LogP contribution in [0.3, 0.4) is 0 Å². The van der Waals surface area contributed by atoms with Gasteiger partial charge in [0.25, 0.3) is 5.91 Å². The Hall–Kier alpha value is -2.62. The van der Waals surface area contributed by atoms with Crippen molar-refractivity contribution in [1.29, 1.82) is 0 Å². The summed E-state index contributed by atoms with van der Waals surface area (Å²) >= 11 is 0. The normalized spacial score (nSPS) is 11.1. The molecule has 0 aliphatic rings. The molecule has 4 heteroatoms. The topological polar surface area (TPSA) is 55.4 Å². The lowest BCUT2D eigenvalue weighted by Crippen LogP contribution is -2.21. The zero-order valence-corrected chi connectivity index (χ0v) is 16.7. The summed E-state index contributed by atoms with van der Waals surface area (Å²) in [5.41, 5.74) is 3.55. The quantitative estimate of drug-likeness (QED) is 0.691. The van der Waals surface area contributed by atoms with Gasteiger partial charge in [0.2, 0.25) is 0 Å². The van der Waals surface area contributed by atoms with Crippen LogP contribution in [-0.4, -0.2) is 18.5 Å². The maximum Gasteiger partial charge on any atom is 0.338 e. The third-order valence-corrected chi connectivity index (χ3v) is 4.38. The SMILES string of the molecule is CCCCc1ccc(NC(=O)COC(=O)c2ccc(C(C)(C)C)cc2)cc1. The van der Waals surface area contributed by atoms with E-state index in [0.717, 1.165) is 24.8 Å². The number of esters is 1. The van der Waals surface area contributed by atoms with Crippen LogP contribution in [0.4, 0.5) is 5.69 Å². The van der Waals surface area contributed by atoms with Crippen molar-refractivity contribution in [2.24, 2.45) is 0 Å². The Morgan fingerprint density at radius 3 is 2.15 bits per heavy atom. The minimum atomic E-state index is -0.500. The van der Waals surface area contributed by atoms with Crippen LogP contribution in [-0.2, 0) is 21.4 Å². The molecule has 1 N–H and O–H groups in total. The minimum Gasteiger partial charge on any atom is -0.452 e. The molecule has 0 aromatic heterocycles. The smallest absolute Gasteiger partial charge is 0.338 e. The van der Waals surface area contributed by atoms with Gasteiger partial charge in [-0.3, -0.25) is 4.79 Å². The molecule has 1 amide bonds. The van der Waals surface area contributed by atoms with Crippen molar-refractivity contribution in [2.75, 3.05) is 11.9 Å². The Labute approximate surface area is 161 Å². The number of unbranched alkanes of at least 4 members (excludes halogenated alkanes) is 1. The van der Waals surface area contributed by atoms with E-state index < -0.39 is 5.97 Å². The Morgan fingerprint density at radius 1 is 0.963 bits per heavy atom. The molecule has 0 unspecified atom stereocenters. The lowest BCUT2D eigenvalue weighted by Gasteiger charge is -2.18. The summed E-state index contributed by atoms with van der Waals surface area (Å²) in [5.74, 6) is -0.850. The molecule has 0 saturated carbocycles. The molecule has 2 aromatic rings. The van der Waals surface area contributed by atoms with Gasteiger partial charge < -0.3 is 10.1 Å². The Bertz CT molecular complexity index is 756. The van der Waals surface area contributed by atoms with Gasteiger partial charge in [0.1, 0.15) is 0 Å². The van der Waals surface area contributed by atoms with E-state index in [1.807, 2.05) is 36.4 Å². The number of anilines is 1. The number of carbonyl (C=O) groups excluding carboxylic acids is 2. The van der Waals surface area contributed by atoms with E-state index in [2.05, 4.69) is 33.0 Å². The highest BCUT2D eigenvalue weighted by Gasteiger charge is 2.15. The molecule has 0 atom stereocenters. The first-order valence-corrected chi connectivity index (χ1v) is 9.46. The number of ether oxygens (including phenoxy) is 1. The molecular formula is C23H29NO3. The highest BCUT2D eigenvalue weighted by molar-refractivity contribution is 5.95. The number of hydrogen-bond donors (Lipinski definition) is 1. The largest absolute Gasteiger partial charge is 0.452 e. The summed E-state index contributed by atoms with van der Waals surface area (Å²) in [5, 5.41) is 2.74. The molecule has 0 aliphatic carbocycles. The number of aryl methyl sites for hydroxylation is 1. The summed E-state index contributed by atoms with van der Waals surface area (Å²) in [6.45, 7) is 8.19. The maximum absolute atomic E-state index is 12.1. The molecule has 2 rings (SSSR count). The first-order valence-electron chi connectivity index (χ1n) is 9.46. The standard InChI is InChI=1S/C23H29NO3/c1-5-6-7-17-8-14-20(15-9-17)24-21(25)16-27-22(26)18-10-12-19(13-11-18)23(2,3)4/h8-15H,5-7,16H2,1-4H3,(H,24,25). The molecule has 0 bridgehead atoms. The van der Waals surface area contributed by atoms with Crippen LogP contribution in [0.25, 0.3) is 0 Å². The summed E-state index contributed by atoms with van der Waals surface area (Å²) < 4.78 is 5.11. The van der Waals surface area contributed by atoms with E-state index in [-0.39, 0.29) is 17.9 Å². The van der Waals surface area contributed by atoms with Crippen molar-refractivity contribution in [1.82, 2.24) is 0 Å². The van der Waals surface area contributed by atoms with Crippen LogP contribution >= 0.6 is 0 Å². The molecule has 0 saturated heterocycles. The number of rotatable bonds is 7. The monoisotopic (exact) mass is 367 g/mol. The van der Waals surface area contributed by atoms with Crippen LogP contribution in [0.15, 0.2) is 48.5 Å². The summed E-state index contributed by atoms with van der Waals surface area (Å²) in [4.78, 5) is 24.1. The first kappa shape index (κ1) is 20.7. The molecule has 4 nitrogen and oxygen atoms in total. The Kier molecular flexibility index (Phi) is 7.17. The zero-order valence-electron chi connectivity index (χ0n) is 16.7. The molecule has 144 valence electrons. The van der Waals surface area contributed by atoms with Crippen LogP contribution in [0.2, 0.25) is 0 Å². The average molecular weight is 367 g/mol. The zero-order chi connectivity index (χ0) is 19.9. The molecule has 27 heavy (non-hydrogen) atoms. The Morgan fingerprint density at radius 2 is 1.59 bits per heavy atom. The lowest BCUT2D eigenvalue weighted by molar-refractivity contribution is -0.119. The third kappa shape index (κ3) is 6.55. The minimum absolute atomic E-state index is 0.0222. The second-order valence-electron chi connectivity index (χ2n) is 7.75. The molecule has 0 fully saturated rings. The van der Waals surface area contributed by atoms with E-state index in [4.69, 9.17) is 4.74 Å². The van der Waals surface area contributed by atoms with Gasteiger partial charge in [-0.1, -0.05) is 58.4 Å². The van der Waals surface area contributed by atoms with Gasteiger partial charge in [0.05, 0.1) is 5.56 Å². The van der Waals surface area contributed by atoms with Gasteiger partial charge in [-0.2, -0.15) is 0 Å². The fourth-order valence-corrected chi connectivity index (χ4v) is 2.65. The predicted molar refractivity (Wildman–Crippen MR) is 109 cm³/mol. The van der Waals surface area contributed by atoms with Gasteiger partial charge >= 0.3 is 5.97 Å². The van der Waals surface area contributed by atoms with Crippen molar-refractivity contribution in [3.63, 3.8) is 0 Å². The van der Waals surface area contributed by atoms with Gasteiger partial charge in [0, 0.05) is 5.69 Å². The van der Waals surface area contributed by atoms with Crippen molar-refractivity contribution in [3.8, 4) is 0 Å². The second kappa shape index (κ2) is 9.36. The van der Waals surface area contributed by atoms with Crippen LogP contribution in [0.1, 0.15) is 62.0 Å². The fraction of sp³-hybridized carbons (Fsp3) is 0.391. The van der Waals surface area contributed by atoms with E-state index in [1.54, 1.807) is 12.1 Å². The fourth-order valence-electron chi connectivity index (χ4n) is 2.65. The molecule has 0 aliphatic heterocycles. The van der Waals surface area contributed by atoms with Crippen molar-refractivity contribution < 1.29 is 14.3 Å². The third-order valence-electron chi connectivity index (χ3n) is 4.38. The molecule has 0 spiro atoms. The van der Waals surface area contributed by atoms with E-state index in [9.17, 15) is 9.59 Å². The number of carbonyl (C=O) groups is 2. The summed E-state index contributed by atoms with van der Waals surface area (Å²) in [6, 6.07) is 15.0. The highest BCUT2D eigenvalue weighted by atomic mass is 16.5. The Balaban J connectivity index is 1.83.